The number of nitrogens with zero attached hydrogens (tertiary/aromatic N) is 2. The minimum atomic E-state index is -0.935. The Kier molecular flexibility index (Phi) is 25.7. The van der Waals surface area contributed by atoms with E-state index in [1.54, 1.807) is 0 Å². The Morgan fingerprint density at radius 3 is 1.07 bits per heavy atom. The number of carboxylic acids is 1. The second kappa shape index (κ2) is 16.1. The molecule has 0 aliphatic carbocycles. The molecule has 0 saturated carbocycles. The Morgan fingerprint density at radius 2 is 1.07 bits per heavy atom. The molecule has 0 fully saturated rings. The minimum absolute atomic E-state index is 0. The monoisotopic (exact) mass is 284 g/mol. The van der Waals surface area contributed by atoms with Gasteiger partial charge in [-0.15, -0.1) is 17.0 Å². The average Bonchev–Trinajstić information content (AvgIpc) is 1.83. The predicted octanol–water partition coefficient (Wildman–Crippen LogP) is 1.58. The fourth-order valence-corrected chi connectivity index (χ4v) is 0. The highest BCUT2D eigenvalue weighted by Gasteiger charge is 1.90. The molecule has 1 N–H and O–H groups in total. The first-order valence-electron chi connectivity index (χ1n) is 4.21. The van der Waals surface area contributed by atoms with E-state index in [-0.39, 0.29) is 22.6 Å². The topological polar surface area (TPSA) is 43.8 Å². The molecule has 0 rings (SSSR count). The second-order valence-electron chi connectivity index (χ2n) is 3.77. The summed E-state index contributed by atoms with van der Waals surface area (Å²) in [4.78, 5) is 13.6. The van der Waals surface area contributed by atoms with E-state index in [9.17, 15) is 4.79 Å². The molecule has 15 heavy (non-hydrogen) atoms. The van der Waals surface area contributed by atoms with E-state index in [1.807, 2.05) is 52.1 Å². The molecule has 0 aromatic rings. The van der Waals surface area contributed by atoms with Crippen molar-refractivity contribution in [1.82, 2.24) is 9.80 Å². The number of carboxylic acid groups (broad SMARTS) is 1. The standard InChI is InChI=1S/C4H6O2.2C3H9N.BrH/c1-3(2)4(5)6;2*1-4(2)3;/h1H2,2H3,(H,5,6);2*1-3H3;1H. The summed E-state index contributed by atoms with van der Waals surface area (Å²) in [5, 5.41) is 7.89. The average molecular weight is 285 g/mol. The van der Waals surface area contributed by atoms with Gasteiger partial charge in [0.2, 0.25) is 0 Å². The summed E-state index contributed by atoms with van der Waals surface area (Å²) in [6, 6.07) is 0. The van der Waals surface area contributed by atoms with Crippen molar-refractivity contribution in [1.29, 1.82) is 0 Å². The van der Waals surface area contributed by atoms with Crippen LogP contribution >= 0.6 is 17.0 Å². The summed E-state index contributed by atoms with van der Waals surface area (Å²) >= 11 is 0. The molecule has 0 spiro atoms. The Morgan fingerprint density at radius 1 is 1.00 bits per heavy atom. The van der Waals surface area contributed by atoms with Gasteiger partial charge in [-0.2, -0.15) is 0 Å². The van der Waals surface area contributed by atoms with Crippen LogP contribution in [0.1, 0.15) is 6.92 Å². The summed E-state index contributed by atoms with van der Waals surface area (Å²) < 4.78 is 0. The lowest BCUT2D eigenvalue weighted by Gasteiger charge is -1.90. The van der Waals surface area contributed by atoms with E-state index in [4.69, 9.17) is 5.11 Å². The van der Waals surface area contributed by atoms with Crippen LogP contribution in [-0.4, -0.2) is 63.2 Å². The smallest absolute Gasteiger partial charge is 0.330 e. The van der Waals surface area contributed by atoms with Crippen LogP contribution in [0.4, 0.5) is 0 Å². The normalized spacial score (nSPS) is 7.80. The number of carbonyl (C=O) groups is 1. The summed E-state index contributed by atoms with van der Waals surface area (Å²) in [6.45, 7) is 4.60. The van der Waals surface area contributed by atoms with Gasteiger partial charge in [0.15, 0.2) is 0 Å². The van der Waals surface area contributed by atoms with Crippen LogP contribution < -0.4 is 0 Å². The molecule has 0 amide bonds. The van der Waals surface area contributed by atoms with E-state index in [0.717, 1.165) is 0 Å². The molecular weight excluding hydrogens is 260 g/mol. The van der Waals surface area contributed by atoms with Crippen molar-refractivity contribution in [3.8, 4) is 0 Å². The summed E-state index contributed by atoms with van der Waals surface area (Å²) in [7, 11) is 12.0. The third kappa shape index (κ3) is 141. The van der Waals surface area contributed by atoms with Gasteiger partial charge in [0.25, 0.3) is 0 Å². The molecule has 0 aliphatic rings. The lowest BCUT2D eigenvalue weighted by molar-refractivity contribution is -0.132. The van der Waals surface area contributed by atoms with Gasteiger partial charge in [-0.05, 0) is 49.2 Å². The van der Waals surface area contributed by atoms with Crippen molar-refractivity contribution < 1.29 is 9.90 Å². The Labute approximate surface area is 104 Å². The van der Waals surface area contributed by atoms with Crippen LogP contribution in [0.15, 0.2) is 12.2 Å². The van der Waals surface area contributed by atoms with Crippen molar-refractivity contribution in [2.24, 2.45) is 0 Å². The van der Waals surface area contributed by atoms with Crippen LogP contribution in [0.25, 0.3) is 0 Å². The predicted molar refractivity (Wildman–Crippen MR) is 72.0 cm³/mol. The first-order valence-corrected chi connectivity index (χ1v) is 4.21. The highest BCUT2D eigenvalue weighted by atomic mass is 79.9. The molecule has 0 radical (unpaired) electrons. The summed E-state index contributed by atoms with van der Waals surface area (Å²) in [5.41, 5.74) is 0.176. The van der Waals surface area contributed by atoms with Gasteiger partial charge in [-0.1, -0.05) is 6.58 Å². The fraction of sp³-hybridized carbons (Fsp3) is 0.700. The van der Waals surface area contributed by atoms with Gasteiger partial charge in [0.1, 0.15) is 0 Å². The van der Waals surface area contributed by atoms with E-state index >= 15 is 0 Å². The molecule has 94 valence electrons. The van der Waals surface area contributed by atoms with Gasteiger partial charge < -0.3 is 14.9 Å². The van der Waals surface area contributed by atoms with E-state index in [0.29, 0.717) is 0 Å². The highest BCUT2D eigenvalue weighted by molar-refractivity contribution is 8.93. The Balaban J connectivity index is -0.0000000606. The highest BCUT2D eigenvalue weighted by Crippen LogP contribution is 1.81. The molecule has 0 aliphatic heterocycles. The van der Waals surface area contributed by atoms with Gasteiger partial charge in [0.05, 0.1) is 0 Å². The molecule has 0 bridgehead atoms. The lowest BCUT2D eigenvalue weighted by atomic mass is 10.4. The number of rotatable bonds is 1. The fourth-order valence-electron chi connectivity index (χ4n) is 0. The van der Waals surface area contributed by atoms with Crippen molar-refractivity contribution in [2.75, 3.05) is 42.3 Å². The van der Waals surface area contributed by atoms with E-state index in [2.05, 4.69) is 6.58 Å². The maximum Gasteiger partial charge on any atom is 0.330 e. The number of halogens is 1. The van der Waals surface area contributed by atoms with Gasteiger partial charge in [-0.25, -0.2) is 4.79 Å². The van der Waals surface area contributed by atoms with Crippen LogP contribution in [0.3, 0.4) is 0 Å². The molecule has 0 heterocycles. The first-order chi connectivity index (χ1) is 6.11. The zero-order chi connectivity index (χ0) is 12.3. The van der Waals surface area contributed by atoms with Crippen molar-refractivity contribution >= 4 is 23.0 Å². The maximum absolute atomic E-state index is 9.60. The van der Waals surface area contributed by atoms with Gasteiger partial charge >= 0.3 is 5.97 Å². The van der Waals surface area contributed by atoms with Crippen LogP contribution in [0.5, 0.6) is 0 Å². The number of hydrogen-bond donors (Lipinski definition) is 1. The SMILES string of the molecule is Br.C=C(C)C(=O)O.CN(C)C.CN(C)C. The molecule has 0 atom stereocenters. The quantitative estimate of drug-likeness (QED) is 0.743. The maximum atomic E-state index is 9.60. The van der Waals surface area contributed by atoms with Gasteiger partial charge in [-0.3, -0.25) is 0 Å². The van der Waals surface area contributed by atoms with Crippen molar-refractivity contribution in [3.63, 3.8) is 0 Å². The largest absolute Gasteiger partial charge is 0.478 e. The summed E-state index contributed by atoms with van der Waals surface area (Å²) in [5.74, 6) is -0.935. The van der Waals surface area contributed by atoms with Gasteiger partial charge in [0, 0.05) is 5.57 Å². The van der Waals surface area contributed by atoms with E-state index in [1.165, 1.54) is 6.92 Å². The molecule has 4 nitrogen and oxygen atoms in total. The zero-order valence-corrected chi connectivity index (χ0v) is 12.6. The van der Waals surface area contributed by atoms with Crippen LogP contribution in [-0.2, 0) is 4.79 Å². The molecule has 0 aromatic carbocycles. The minimum Gasteiger partial charge on any atom is -0.478 e. The Hall–Kier alpha value is -0.390. The first kappa shape index (κ1) is 24.0. The molecular formula is C10H25BrN2O2. The second-order valence-corrected chi connectivity index (χ2v) is 3.77. The van der Waals surface area contributed by atoms with Crippen LogP contribution in [0.2, 0.25) is 0 Å². The molecule has 0 aromatic heterocycles. The Bertz CT molecular complexity index is 136. The third-order valence-corrected chi connectivity index (χ3v) is 0.365. The van der Waals surface area contributed by atoms with E-state index < -0.39 is 5.97 Å². The summed E-state index contributed by atoms with van der Waals surface area (Å²) in [6.07, 6.45) is 0. The van der Waals surface area contributed by atoms with Crippen molar-refractivity contribution in [2.45, 2.75) is 6.92 Å². The van der Waals surface area contributed by atoms with Crippen LogP contribution in [0, 0.1) is 0 Å². The third-order valence-electron chi connectivity index (χ3n) is 0.365. The zero-order valence-electron chi connectivity index (χ0n) is 10.9. The van der Waals surface area contributed by atoms with Crippen molar-refractivity contribution in [3.05, 3.63) is 12.2 Å². The number of hydrogen-bond acceptors (Lipinski definition) is 3. The number of aliphatic carboxylic acids is 1. The molecule has 5 heteroatoms. The lowest BCUT2D eigenvalue weighted by Crippen LogP contribution is -1.99. The molecule has 0 saturated heterocycles. The molecule has 0 unspecified atom stereocenters.